The Labute approximate surface area is 90.2 Å². The zero-order chi connectivity index (χ0) is 11.1. The van der Waals surface area contributed by atoms with Gasteiger partial charge < -0.3 is 9.84 Å². The van der Waals surface area contributed by atoms with Crippen LogP contribution in [0.3, 0.4) is 0 Å². The van der Waals surface area contributed by atoms with Gasteiger partial charge >= 0.3 is 0 Å². The molecule has 0 aliphatic heterocycles. The predicted octanol–water partition coefficient (Wildman–Crippen LogP) is -1.03. The summed E-state index contributed by atoms with van der Waals surface area (Å²) >= 11 is 0. The largest absolute Gasteiger partial charge is 0.394 e. The van der Waals surface area contributed by atoms with Gasteiger partial charge in [-0.25, -0.2) is 4.72 Å². The quantitative estimate of drug-likeness (QED) is 0.448. The van der Waals surface area contributed by atoms with Crippen molar-refractivity contribution in [2.24, 2.45) is 0 Å². The molecule has 0 aromatic heterocycles. The maximum atomic E-state index is 11.3. The molecule has 3 N–H and O–H groups in total. The van der Waals surface area contributed by atoms with Gasteiger partial charge in [-0.1, -0.05) is 0 Å². The second-order valence-electron chi connectivity index (χ2n) is 3.48. The first-order chi connectivity index (χ1) is 7.14. The molecule has 6 nitrogen and oxygen atoms in total. The van der Waals surface area contributed by atoms with Gasteiger partial charge in [-0.05, 0) is 19.3 Å². The minimum absolute atomic E-state index is 0.00500. The minimum atomic E-state index is -3.32. The van der Waals surface area contributed by atoms with Crippen molar-refractivity contribution < 1.29 is 18.3 Å². The molecular formula is C8H18N2O4S. The van der Waals surface area contributed by atoms with Crippen molar-refractivity contribution in [3.8, 4) is 0 Å². The summed E-state index contributed by atoms with van der Waals surface area (Å²) in [6.45, 7) is 1.10. The highest BCUT2D eigenvalue weighted by atomic mass is 32.2. The van der Waals surface area contributed by atoms with Crippen LogP contribution in [0.1, 0.15) is 19.3 Å². The highest BCUT2D eigenvalue weighted by Gasteiger charge is 2.26. The third kappa shape index (κ3) is 6.80. The Hall–Kier alpha value is -0.210. The maximum absolute atomic E-state index is 11.3. The van der Waals surface area contributed by atoms with Crippen LogP contribution in [0.2, 0.25) is 0 Å². The van der Waals surface area contributed by atoms with Crippen molar-refractivity contribution in [2.45, 2.75) is 25.3 Å². The molecule has 0 bridgehead atoms. The first-order valence-electron chi connectivity index (χ1n) is 5.09. The van der Waals surface area contributed by atoms with Gasteiger partial charge in [-0.15, -0.1) is 0 Å². The van der Waals surface area contributed by atoms with Crippen LogP contribution >= 0.6 is 0 Å². The third-order valence-corrected chi connectivity index (χ3v) is 3.12. The van der Waals surface area contributed by atoms with Crippen molar-refractivity contribution in [1.82, 2.24) is 9.44 Å². The van der Waals surface area contributed by atoms with E-state index in [1.54, 1.807) is 0 Å². The lowest BCUT2D eigenvalue weighted by Crippen LogP contribution is -2.38. The van der Waals surface area contributed by atoms with E-state index in [0.717, 1.165) is 12.8 Å². The van der Waals surface area contributed by atoms with Crippen LogP contribution in [0.25, 0.3) is 0 Å². The third-order valence-electron chi connectivity index (χ3n) is 1.89. The number of aliphatic hydroxyl groups excluding tert-OH is 1. The van der Waals surface area contributed by atoms with Crippen LogP contribution in [-0.4, -0.2) is 45.9 Å². The summed E-state index contributed by atoms with van der Waals surface area (Å²) in [5.41, 5.74) is 0. The zero-order valence-electron chi connectivity index (χ0n) is 8.61. The van der Waals surface area contributed by atoms with Gasteiger partial charge in [0.15, 0.2) is 0 Å². The molecule has 0 radical (unpaired) electrons. The first kappa shape index (κ1) is 12.9. The molecule has 1 aliphatic carbocycles. The van der Waals surface area contributed by atoms with Crippen LogP contribution in [-0.2, 0) is 14.9 Å². The number of ether oxygens (including phenoxy) is 1. The van der Waals surface area contributed by atoms with E-state index in [1.807, 2.05) is 0 Å². The Kier molecular flexibility index (Phi) is 5.48. The molecule has 0 saturated heterocycles. The first-order valence-corrected chi connectivity index (χ1v) is 6.58. The van der Waals surface area contributed by atoms with Gasteiger partial charge in [0.2, 0.25) is 0 Å². The van der Waals surface area contributed by atoms with Crippen molar-refractivity contribution in [1.29, 1.82) is 0 Å². The number of nitrogens with one attached hydrogen (secondary N) is 2. The molecule has 0 heterocycles. The summed E-state index contributed by atoms with van der Waals surface area (Å²) in [5.74, 6) is 0. The molecule has 0 unspecified atom stereocenters. The van der Waals surface area contributed by atoms with Crippen LogP contribution in [0, 0.1) is 0 Å². The number of aliphatic hydroxyl groups is 1. The molecule has 0 atom stereocenters. The van der Waals surface area contributed by atoms with Crippen LogP contribution in [0.15, 0.2) is 0 Å². The Morgan fingerprint density at radius 3 is 2.67 bits per heavy atom. The standard InChI is InChI=1S/C8H18N2O4S/c11-5-7-14-6-1-4-9-15(12,13)10-8-2-3-8/h8-11H,1-7H2. The number of rotatable bonds is 9. The second kappa shape index (κ2) is 6.39. The van der Waals surface area contributed by atoms with E-state index in [1.165, 1.54) is 0 Å². The summed E-state index contributed by atoms with van der Waals surface area (Å²) in [4.78, 5) is 0. The molecule has 7 heteroatoms. The molecule has 1 rings (SSSR count). The molecule has 0 amide bonds. The monoisotopic (exact) mass is 238 g/mol. The fourth-order valence-electron chi connectivity index (χ4n) is 1.01. The molecule has 1 fully saturated rings. The molecule has 0 aromatic rings. The molecule has 90 valence electrons. The lowest BCUT2D eigenvalue weighted by molar-refractivity contribution is 0.0913. The smallest absolute Gasteiger partial charge is 0.277 e. The van der Waals surface area contributed by atoms with Crippen LogP contribution in [0.4, 0.5) is 0 Å². The van der Waals surface area contributed by atoms with E-state index in [0.29, 0.717) is 26.2 Å². The normalized spacial score (nSPS) is 16.9. The average molecular weight is 238 g/mol. The number of hydrogen-bond donors (Lipinski definition) is 3. The van der Waals surface area contributed by atoms with E-state index in [4.69, 9.17) is 9.84 Å². The Balaban J connectivity index is 1.98. The van der Waals surface area contributed by atoms with Crippen molar-refractivity contribution in [2.75, 3.05) is 26.4 Å². The maximum Gasteiger partial charge on any atom is 0.277 e. The van der Waals surface area contributed by atoms with Gasteiger partial charge in [-0.2, -0.15) is 13.1 Å². The van der Waals surface area contributed by atoms with Crippen LogP contribution < -0.4 is 9.44 Å². The highest BCUT2D eigenvalue weighted by Crippen LogP contribution is 2.19. The summed E-state index contributed by atoms with van der Waals surface area (Å²) < 4.78 is 32.5. The summed E-state index contributed by atoms with van der Waals surface area (Å²) in [6.07, 6.45) is 2.46. The zero-order valence-corrected chi connectivity index (χ0v) is 9.42. The van der Waals surface area contributed by atoms with Gasteiger partial charge in [0.1, 0.15) is 0 Å². The van der Waals surface area contributed by atoms with Gasteiger partial charge in [0, 0.05) is 19.2 Å². The van der Waals surface area contributed by atoms with Crippen molar-refractivity contribution in [3.63, 3.8) is 0 Å². The second-order valence-corrected chi connectivity index (χ2v) is 5.01. The average Bonchev–Trinajstić information content (AvgIpc) is 2.94. The van der Waals surface area contributed by atoms with Crippen LogP contribution in [0.5, 0.6) is 0 Å². The van der Waals surface area contributed by atoms with E-state index < -0.39 is 10.2 Å². The van der Waals surface area contributed by atoms with E-state index in [9.17, 15) is 8.42 Å². The molecule has 1 aliphatic rings. The summed E-state index contributed by atoms with van der Waals surface area (Å²) in [6, 6.07) is 0.133. The lowest BCUT2D eigenvalue weighted by Gasteiger charge is -2.07. The fourth-order valence-corrected chi connectivity index (χ4v) is 2.18. The highest BCUT2D eigenvalue weighted by molar-refractivity contribution is 7.87. The Morgan fingerprint density at radius 2 is 2.07 bits per heavy atom. The predicted molar refractivity (Wildman–Crippen MR) is 55.6 cm³/mol. The molecule has 0 spiro atoms. The summed E-state index contributed by atoms with van der Waals surface area (Å²) in [7, 11) is -3.32. The summed E-state index contributed by atoms with van der Waals surface area (Å²) in [5, 5.41) is 8.41. The van der Waals surface area contributed by atoms with E-state index in [-0.39, 0.29) is 12.6 Å². The molecule has 15 heavy (non-hydrogen) atoms. The van der Waals surface area contributed by atoms with Crippen molar-refractivity contribution >= 4 is 10.2 Å². The molecule has 1 saturated carbocycles. The van der Waals surface area contributed by atoms with Gasteiger partial charge in [0.05, 0.1) is 13.2 Å². The minimum Gasteiger partial charge on any atom is -0.394 e. The Bertz CT molecular complexity index is 264. The molecular weight excluding hydrogens is 220 g/mol. The fraction of sp³-hybridized carbons (Fsp3) is 1.00. The topological polar surface area (TPSA) is 87.7 Å². The van der Waals surface area contributed by atoms with E-state index in [2.05, 4.69) is 9.44 Å². The van der Waals surface area contributed by atoms with E-state index >= 15 is 0 Å². The molecule has 0 aromatic carbocycles. The number of hydrogen-bond acceptors (Lipinski definition) is 4. The van der Waals surface area contributed by atoms with Gasteiger partial charge in [0.25, 0.3) is 10.2 Å². The van der Waals surface area contributed by atoms with Crippen molar-refractivity contribution in [3.05, 3.63) is 0 Å². The lowest BCUT2D eigenvalue weighted by atomic mass is 10.5. The van der Waals surface area contributed by atoms with Gasteiger partial charge in [-0.3, -0.25) is 0 Å². The Morgan fingerprint density at radius 1 is 1.33 bits per heavy atom. The SMILES string of the molecule is O=S(=O)(NCCCOCCO)NC1CC1.